The molecule has 3 aliphatic rings. The van der Waals surface area contributed by atoms with Crippen LogP contribution in [0, 0.1) is 5.92 Å². The van der Waals surface area contributed by atoms with Gasteiger partial charge in [0.15, 0.2) is 0 Å². The number of thioether (sulfide) groups is 1. The molecular weight excluding hydrogens is 336 g/mol. The molecule has 0 aromatic rings. The van der Waals surface area contributed by atoms with E-state index < -0.39 is 18.0 Å². The number of thiol groups is 1. The van der Waals surface area contributed by atoms with E-state index in [1.807, 2.05) is 14.0 Å². The van der Waals surface area contributed by atoms with Gasteiger partial charge in [-0.15, -0.1) is 12.6 Å². The fourth-order valence-electron chi connectivity index (χ4n) is 4.00. The topological polar surface area (TPSA) is 77.8 Å². The van der Waals surface area contributed by atoms with E-state index in [-0.39, 0.29) is 29.1 Å². The zero-order valence-electron chi connectivity index (χ0n) is 13.4. The smallest absolute Gasteiger partial charge is 0.353 e. The van der Waals surface area contributed by atoms with Crippen molar-refractivity contribution < 1.29 is 24.3 Å². The van der Waals surface area contributed by atoms with Crippen molar-refractivity contribution in [3.05, 3.63) is 21.7 Å². The first-order valence-corrected chi connectivity index (χ1v) is 8.89. The number of rotatable bonds is 3. The highest BCUT2D eigenvalue weighted by atomic mass is 32.2. The summed E-state index contributed by atoms with van der Waals surface area (Å²) in [7, 11) is 2.04. The van der Waals surface area contributed by atoms with Gasteiger partial charge in [-0.3, -0.25) is 14.2 Å². The minimum Gasteiger partial charge on any atom is -0.477 e. The Hall–Kier alpha value is -0.960. The third-order valence-corrected chi connectivity index (χ3v) is 7.31. The highest BCUT2D eigenvalue weighted by Crippen LogP contribution is 2.53. The monoisotopic (exact) mass is 357 g/mol. The Morgan fingerprint density at radius 1 is 1.52 bits per heavy atom. The summed E-state index contributed by atoms with van der Waals surface area (Å²) < 4.78 is 0.498. The average Bonchev–Trinajstić information content (AvgIpc) is 2.86. The number of carboxylic acid groups (broad SMARTS) is 1. The number of hydrogen-bond donors (Lipinski definition) is 3. The Labute approximate surface area is 144 Å². The zero-order valence-corrected chi connectivity index (χ0v) is 15.1. The second-order valence-electron chi connectivity index (χ2n) is 6.59. The number of aliphatic carboxylic acids is 1. The molecule has 6 nitrogen and oxygen atoms in total. The van der Waals surface area contributed by atoms with E-state index in [1.165, 1.54) is 4.90 Å². The van der Waals surface area contributed by atoms with Gasteiger partial charge in [0.2, 0.25) is 5.91 Å². The highest BCUT2D eigenvalue weighted by molar-refractivity contribution is 8.02. The van der Waals surface area contributed by atoms with E-state index in [2.05, 4.69) is 25.0 Å². The number of amides is 1. The fraction of sp³-hybridized carbons (Fsp3) is 0.600. The van der Waals surface area contributed by atoms with Crippen LogP contribution in [0.1, 0.15) is 20.8 Å². The Morgan fingerprint density at radius 2 is 2.13 bits per heavy atom. The number of likely N-dealkylation sites (N-methyl/N-ethyl adjacent to an activating group) is 1. The summed E-state index contributed by atoms with van der Waals surface area (Å²) in [6, 6.07) is -0.640. The number of nitrogens with zero attached hydrogens (tertiary/aromatic N) is 2. The molecule has 3 rings (SSSR count). The third kappa shape index (κ3) is 1.98. The lowest BCUT2D eigenvalue weighted by molar-refractivity contribution is -0.899. The van der Waals surface area contributed by atoms with Crippen molar-refractivity contribution in [3.8, 4) is 0 Å². The molecule has 0 bridgehead atoms. The van der Waals surface area contributed by atoms with Gasteiger partial charge < -0.3 is 10.2 Å². The van der Waals surface area contributed by atoms with E-state index in [4.69, 9.17) is 0 Å². The maximum absolute atomic E-state index is 12.4. The van der Waals surface area contributed by atoms with Crippen LogP contribution in [0.15, 0.2) is 21.7 Å². The first-order chi connectivity index (χ1) is 10.6. The molecule has 0 aromatic heterocycles. The van der Waals surface area contributed by atoms with Crippen LogP contribution in [0.2, 0.25) is 0 Å². The number of aliphatic hydroxyl groups is 1. The summed E-state index contributed by atoms with van der Waals surface area (Å²) in [4.78, 5) is 25.8. The predicted molar refractivity (Wildman–Crippen MR) is 90.2 cm³/mol. The minimum absolute atomic E-state index is 0.0403. The lowest BCUT2D eigenvalue weighted by Crippen LogP contribution is -2.70. The van der Waals surface area contributed by atoms with Crippen LogP contribution in [-0.4, -0.2) is 62.1 Å². The molecule has 23 heavy (non-hydrogen) atoms. The molecule has 1 fully saturated rings. The number of carbonyl (C=O) groups is 2. The number of carboxylic acids is 1. The van der Waals surface area contributed by atoms with Crippen molar-refractivity contribution >= 4 is 36.3 Å². The maximum atomic E-state index is 12.4. The van der Waals surface area contributed by atoms with Gasteiger partial charge in [-0.1, -0.05) is 11.8 Å². The van der Waals surface area contributed by atoms with E-state index in [1.54, 1.807) is 18.7 Å². The SMILES string of the molecule is CC1=CSC(C)[N+]1(C)C1C(S)=C(C(=O)O)N2C(=O)[C@@H]([C@@H](C)O)C12. The van der Waals surface area contributed by atoms with Gasteiger partial charge in [-0.25, -0.2) is 4.79 Å². The lowest BCUT2D eigenvalue weighted by Gasteiger charge is -2.51. The Morgan fingerprint density at radius 3 is 2.57 bits per heavy atom. The van der Waals surface area contributed by atoms with Crippen LogP contribution in [0.25, 0.3) is 0 Å². The number of β-lactam (4-membered cyclic amide) rings is 1. The van der Waals surface area contributed by atoms with Crippen LogP contribution in [0.5, 0.6) is 0 Å². The molecule has 1 amide bonds. The Kier molecular flexibility index (Phi) is 3.87. The number of allylic oxidation sites excluding steroid dienone is 1. The third-order valence-electron chi connectivity index (χ3n) is 5.53. The van der Waals surface area contributed by atoms with Crippen molar-refractivity contribution in [2.75, 3.05) is 7.05 Å². The number of aliphatic hydroxyl groups excluding tert-OH is 1. The quantitative estimate of drug-likeness (QED) is 0.402. The highest BCUT2D eigenvalue weighted by Gasteiger charge is 2.67. The van der Waals surface area contributed by atoms with Crippen LogP contribution >= 0.6 is 24.4 Å². The molecule has 0 saturated carbocycles. The normalized spacial score (nSPS) is 40.9. The van der Waals surface area contributed by atoms with Gasteiger partial charge in [-0.05, 0) is 13.8 Å². The zero-order chi connectivity index (χ0) is 17.3. The van der Waals surface area contributed by atoms with Gasteiger partial charge >= 0.3 is 5.97 Å². The summed E-state index contributed by atoms with van der Waals surface area (Å²) >= 11 is 6.20. The standard InChI is InChI=1S/C15H20N2O4S2/c1-6-5-23-8(3)17(6,4)12-10-9(7(2)18)14(19)16(10)11(13(12)22)15(20)21/h5,7-10,12,18H,1-4H3,(H-,20,21,22)/p+1/t7-,8?,9+,10?,12?,17?/m1/s1. The van der Waals surface area contributed by atoms with Crippen molar-refractivity contribution in [1.29, 1.82) is 0 Å². The van der Waals surface area contributed by atoms with E-state index in [0.717, 1.165) is 5.70 Å². The second-order valence-corrected chi connectivity index (χ2v) is 8.26. The van der Waals surface area contributed by atoms with Crippen molar-refractivity contribution in [3.63, 3.8) is 0 Å². The molecule has 2 N–H and O–H groups in total. The van der Waals surface area contributed by atoms with E-state index in [9.17, 15) is 19.8 Å². The number of quaternary nitrogens is 1. The molecule has 3 heterocycles. The summed E-state index contributed by atoms with van der Waals surface area (Å²) in [5.41, 5.74) is 1.07. The van der Waals surface area contributed by atoms with Crippen LogP contribution < -0.4 is 0 Å². The van der Waals surface area contributed by atoms with Gasteiger partial charge in [0, 0.05) is 12.3 Å². The molecule has 0 radical (unpaired) electrons. The first kappa shape index (κ1) is 16.9. The maximum Gasteiger partial charge on any atom is 0.353 e. The van der Waals surface area contributed by atoms with Crippen molar-refractivity contribution in [1.82, 2.24) is 4.90 Å². The molecule has 0 aliphatic carbocycles. The average molecular weight is 357 g/mol. The Balaban J connectivity index is 2.13. The van der Waals surface area contributed by atoms with Crippen LogP contribution in [-0.2, 0) is 9.59 Å². The second kappa shape index (κ2) is 5.27. The van der Waals surface area contributed by atoms with E-state index in [0.29, 0.717) is 9.39 Å². The number of fused-ring (bicyclic) bond motifs is 1. The summed E-state index contributed by atoms with van der Waals surface area (Å²) in [6.45, 7) is 5.68. The molecule has 126 valence electrons. The first-order valence-electron chi connectivity index (χ1n) is 7.50. The van der Waals surface area contributed by atoms with Crippen molar-refractivity contribution in [2.45, 2.75) is 44.3 Å². The Bertz CT molecular complexity index is 660. The van der Waals surface area contributed by atoms with Gasteiger partial charge in [0.25, 0.3) is 0 Å². The van der Waals surface area contributed by atoms with Gasteiger partial charge in [0.1, 0.15) is 28.9 Å². The molecular formula is C15H21N2O4S2+. The van der Waals surface area contributed by atoms with Crippen molar-refractivity contribution in [2.24, 2.45) is 5.92 Å². The summed E-state index contributed by atoms with van der Waals surface area (Å²) in [5.74, 6) is -2.06. The predicted octanol–water partition coefficient (Wildman–Crippen LogP) is 1.20. The van der Waals surface area contributed by atoms with Crippen LogP contribution in [0.3, 0.4) is 0 Å². The summed E-state index contributed by atoms with van der Waals surface area (Å²) in [5, 5.41) is 21.8. The molecule has 1 saturated heterocycles. The minimum atomic E-state index is -1.15. The molecule has 0 aromatic carbocycles. The molecule has 6 atom stereocenters. The van der Waals surface area contributed by atoms with Gasteiger partial charge in [0.05, 0.1) is 24.0 Å². The van der Waals surface area contributed by atoms with Crippen LogP contribution in [0.4, 0.5) is 0 Å². The molecule has 4 unspecified atom stereocenters. The fourth-order valence-corrected chi connectivity index (χ4v) is 5.77. The van der Waals surface area contributed by atoms with E-state index >= 15 is 0 Å². The number of hydrogen-bond acceptors (Lipinski definition) is 5. The number of carbonyl (C=O) groups excluding carboxylic acids is 1. The molecule has 0 spiro atoms. The molecule has 8 heteroatoms. The summed E-state index contributed by atoms with van der Waals surface area (Å²) in [6.07, 6.45) is -0.818. The largest absolute Gasteiger partial charge is 0.477 e. The lowest BCUT2D eigenvalue weighted by atomic mass is 9.80. The van der Waals surface area contributed by atoms with Gasteiger partial charge in [-0.2, -0.15) is 0 Å². The molecule has 3 aliphatic heterocycles.